The molecule has 0 spiro atoms. The van der Waals surface area contributed by atoms with Crippen LogP contribution in [0.25, 0.3) is 0 Å². The number of nitrogens with one attached hydrogen (secondary N) is 1. The summed E-state index contributed by atoms with van der Waals surface area (Å²) in [4.78, 5) is 2.44. The van der Waals surface area contributed by atoms with Crippen LogP contribution in [0, 0.1) is 17.2 Å². The Morgan fingerprint density at radius 1 is 1.38 bits per heavy atom. The van der Waals surface area contributed by atoms with Crippen molar-refractivity contribution in [2.24, 2.45) is 5.92 Å². The average Bonchev–Trinajstić information content (AvgIpc) is 2.31. The largest absolute Gasteiger partial charge is 0.305 e. The maximum Gasteiger partial charge on any atom is 0.0962 e. The molecule has 3 nitrogen and oxygen atoms in total. The minimum absolute atomic E-state index is 0.00460. The Bertz CT molecular complexity index is 226. The summed E-state index contributed by atoms with van der Waals surface area (Å²) in [6, 6.07) is 3.03. The molecule has 92 valence electrons. The zero-order valence-corrected chi connectivity index (χ0v) is 10.9. The molecule has 0 saturated heterocycles. The first-order valence-corrected chi connectivity index (χ1v) is 6.44. The summed E-state index contributed by atoms with van der Waals surface area (Å²) in [7, 11) is 4.06. The Morgan fingerprint density at radius 3 is 2.50 bits per heavy atom. The van der Waals surface area contributed by atoms with E-state index in [1.807, 2.05) is 7.05 Å². The SMILES string of the molecule is CNC(C#N)CCN(C)C1CCC(C)CC1. The van der Waals surface area contributed by atoms with Crippen molar-refractivity contribution in [3.63, 3.8) is 0 Å². The van der Waals surface area contributed by atoms with E-state index in [1.165, 1.54) is 25.7 Å². The van der Waals surface area contributed by atoms with Gasteiger partial charge in [0.1, 0.15) is 0 Å². The van der Waals surface area contributed by atoms with Gasteiger partial charge in [-0.05, 0) is 52.1 Å². The van der Waals surface area contributed by atoms with Crippen molar-refractivity contribution in [3.8, 4) is 6.07 Å². The van der Waals surface area contributed by atoms with Crippen LogP contribution in [0.5, 0.6) is 0 Å². The molecule has 1 saturated carbocycles. The predicted molar refractivity (Wildman–Crippen MR) is 67.1 cm³/mol. The highest BCUT2D eigenvalue weighted by atomic mass is 15.1. The fourth-order valence-electron chi connectivity index (χ4n) is 2.47. The molecule has 1 N–H and O–H groups in total. The summed E-state index contributed by atoms with van der Waals surface area (Å²) in [5.74, 6) is 0.911. The molecule has 1 aliphatic carbocycles. The molecular weight excluding hydrogens is 198 g/mol. The van der Waals surface area contributed by atoms with Crippen LogP contribution in [0.15, 0.2) is 0 Å². The molecule has 0 heterocycles. The third kappa shape index (κ3) is 4.11. The molecule has 1 fully saturated rings. The van der Waals surface area contributed by atoms with Crippen LogP contribution in [0.1, 0.15) is 39.0 Å². The number of rotatable bonds is 5. The van der Waals surface area contributed by atoms with Gasteiger partial charge in [-0.15, -0.1) is 0 Å². The van der Waals surface area contributed by atoms with Gasteiger partial charge in [0.2, 0.25) is 0 Å². The van der Waals surface area contributed by atoms with E-state index >= 15 is 0 Å². The minimum atomic E-state index is 0.00460. The molecule has 0 aromatic rings. The molecule has 16 heavy (non-hydrogen) atoms. The summed E-state index contributed by atoms with van der Waals surface area (Å²) >= 11 is 0. The molecule has 0 aromatic carbocycles. The first kappa shape index (κ1) is 13.5. The van der Waals surface area contributed by atoms with E-state index < -0.39 is 0 Å². The molecule has 1 unspecified atom stereocenters. The Hall–Kier alpha value is -0.590. The standard InChI is InChI=1S/C13H25N3/c1-11-4-6-13(7-5-11)16(3)9-8-12(10-14)15-2/h11-13,15H,4-9H2,1-3H3. The molecule has 1 atom stereocenters. The second-order valence-corrected chi connectivity index (χ2v) is 5.15. The monoisotopic (exact) mass is 223 g/mol. The number of nitriles is 1. The summed E-state index contributed by atoms with van der Waals surface area (Å²) in [6.45, 7) is 3.38. The highest BCUT2D eigenvalue weighted by Gasteiger charge is 2.21. The number of nitrogens with zero attached hydrogens (tertiary/aromatic N) is 2. The van der Waals surface area contributed by atoms with Crippen LogP contribution >= 0.6 is 0 Å². The van der Waals surface area contributed by atoms with E-state index in [0.717, 1.165) is 24.9 Å². The molecule has 3 heteroatoms. The van der Waals surface area contributed by atoms with Crippen molar-refractivity contribution in [2.75, 3.05) is 20.6 Å². The van der Waals surface area contributed by atoms with E-state index in [9.17, 15) is 0 Å². The van der Waals surface area contributed by atoms with Crippen LogP contribution in [0.3, 0.4) is 0 Å². The molecule has 1 aliphatic rings. The molecular formula is C13H25N3. The van der Waals surface area contributed by atoms with Gasteiger partial charge in [-0.25, -0.2) is 0 Å². The lowest BCUT2D eigenvalue weighted by atomic mass is 9.86. The average molecular weight is 223 g/mol. The van der Waals surface area contributed by atoms with Crippen molar-refractivity contribution >= 4 is 0 Å². The molecule has 0 aromatic heterocycles. The molecule has 0 aliphatic heterocycles. The van der Waals surface area contributed by atoms with Crippen molar-refractivity contribution in [2.45, 2.75) is 51.1 Å². The summed E-state index contributed by atoms with van der Waals surface area (Å²) in [5.41, 5.74) is 0. The van der Waals surface area contributed by atoms with E-state index in [-0.39, 0.29) is 6.04 Å². The highest BCUT2D eigenvalue weighted by Crippen LogP contribution is 2.26. The quantitative estimate of drug-likeness (QED) is 0.775. The first-order chi connectivity index (χ1) is 7.67. The van der Waals surface area contributed by atoms with Crippen LogP contribution in [-0.4, -0.2) is 37.6 Å². The lowest BCUT2D eigenvalue weighted by Gasteiger charge is -2.33. The smallest absolute Gasteiger partial charge is 0.0962 e. The molecule has 1 rings (SSSR count). The van der Waals surface area contributed by atoms with Crippen LogP contribution in [-0.2, 0) is 0 Å². The topological polar surface area (TPSA) is 39.1 Å². The minimum Gasteiger partial charge on any atom is -0.305 e. The second kappa shape index (κ2) is 6.88. The van der Waals surface area contributed by atoms with Crippen molar-refractivity contribution in [1.82, 2.24) is 10.2 Å². The summed E-state index contributed by atoms with van der Waals surface area (Å²) < 4.78 is 0. The predicted octanol–water partition coefficient (Wildman–Crippen LogP) is 2.00. The lowest BCUT2D eigenvalue weighted by molar-refractivity contribution is 0.166. The van der Waals surface area contributed by atoms with Gasteiger partial charge in [0.05, 0.1) is 12.1 Å². The molecule has 0 amide bonds. The molecule has 0 bridgehead atoms. The Labute approximate surface area is 99.8 Å². The lowest BCUT2D eigenvalue weighted by Crippen LogP contribution is -2.38. The third-order valence-corrected chi connectivity index (χ3v) is 3.88. The van der Waals surface area contributed by atoms with Crippen molar-refractivity contribution in [3.05, 3.63) is 0 Å². The van der Waals surface area contributed by atoms with Crippen LogP contribution < -0.4 is 5.32 Å². The first-order valence-electron chi connectivity index (χ1n) is 6.44. The fourth-order valence-corrected chi connectivity index (χ4v) is 2.47. The van der Waals surface area contributed by atoms with E-state index in [0.29, 0.717) is 0 Å². The van der Waals surface area contributed by atoms with Gasteiger partial charge in [0.15, 0.2) is 0 Å². The highest BCUT2D eigenvalue weighted by molar-refractivity contribution is 4.89. The number of hydrogen-bond acceptors (Lipinski definition) is 3. The van der Waals surface area contributed by atoms with Crippen molar-refractivity contribution < 1.29 is 0 Å². The third-order valence-electron chi connectivity index (χ3n) is 3.88. The van der Waals surface area contributed by atoms with E-state index in [4.69, 9.17) is 5.26 Å². The Morgan fingerprint density at radius 2 is 2.00 bits per heavy atom. The van der Waals surface area contributed by atoms with Gasteiger partial charge in [-0.1, -0.05) is 6.92 Å². The van der Waals surface area contributed by atoms with Crippen molar-refractivity contribution in [1.29, 1.82) is 5.26 Å². The van der Waals surface area contributed by atoms with Crippen LogP contribution in [0.4, 0.5) is 0 Å². The zero-order chi connectivity index (χ0) is 12.0. The zero-order valence-electron chi connectivity index (χ0n) is 10.9. The van der Waals surface area contributed by atoms with Gasteiger partial charge in [0.25, 0.3) is 0 Å². The van der Waals surface area contributed by atoms with Gasteiger partial charge >= 0.3 is 0 Å². The maximum absolute atomic E-state index is 8.85. The Balaban J connectivity index is 2.24. The van der Waals surface area contributed by atoms with E-state index in [1.54, 1.807) is 0 Å². The Kier molecular flexibility index (Phi) is 5.79. The van der Waals surface area contributed by atoms with Gasteiger partial charge in [0, 0.05) is 12.6 Å². The van der Waals surface area contributed by atoms with Gasteiger partial charge in [-0.2, -0.15) is 5.26 Å². The van der Waals surface area contributed by atoms with Gasteiger partial charge in [-0.3, -0.25) is 0 Å². The normalized spacial score (nSPS) is 27.7. The summed E-state index contributed by atoms with van der Waals surface area (Å²) in [6.07, 6.45) is 6.31. The second-order valence-electron chi connectivity index (χ2n) is 5.15. The maximum atomic E-state index is 8.85. The van der Waals surface area contributed by atoms with Crippen LogP contribution in [0.2, 0.25) is 0 Å². The fraction of sp³-hybridized carbons (Fsp3) is 0.923. The number of hydrogen-bond donors (Lipinski definition) is 1. The summed E-state index contributed by atoms with van der Waals surface area (Å²) in [5, 5.41) is 11.9. The van der Waals surface area contributed by atoms with Gasteiger partial charge < -0.3 is 10.2 Å². The molecule has 0 radical (unpaired) electrons. The van der Waals surface area contributed by atoms with E-state index in [2.05, 4.69) is 30.3 Å².